The summed E-state index contributed by atoms with van der Waals surface area (Å²) in [5.74, 6) is 0. The Balaban J connectivity index is 2.79. The second-order valence-corrected chi connectivity index (χ2v) is 2.73. The van der Waals surface area contributed by atoms with Gasteiger partial charge in [0.1, 0.15) is 0 Å². The lowest BCUT2D eigenvalue weighted by Gasteiger charge is -2.09. The Bertz CT molecular complexity index is 298. The summed E-state index contributed by atoms with van der Waals surface area (Å²) in [5, 5.41) is 11.1. The van der Waals surface area contributed by atoms with E-state index >= 15 is 0 Å². The molecule has 0 unspecified atom stereocenters. The summed E-state index contributed by atoms with van der Waals surface area (Å²) < 4.78 is 36.6. The van der Waals surface area contributed by atoms with E-state index in [0.717, 1.165) is 12.1 Å². The second kappa shape index (κ2) is 4.32. The van der Waals surface area contributed by atoms with Crippen LogP contribution in [0.2, 0.25) is 0 Å². The lowest BCUT2D eigenvalue weighted by atomic mass is 10.2. The Kier molecular flexibility index (Phi) is 3.35. The van der Waals surface area contributed by atoms with Crippen LogP contribution in [-0.2, 0) is 6.18 Å². The first kappa shape index (κ1) is 10.8. The molecule has 0 aliphatic rings. The SMILES string of the molecule is OCCNc1cccc(C(F)(F)F)c1. The van der Waals surface area contributed by atoms with Crippen LogP contribution in [-0.4, -0.2) is 18.3 Å². The van der Waals surface area contributed by atoms with Gasteiger partial charge in [-0.2, -0.15) is 13.2 Å². The molecule has 1 rings (SSSR count). The number of hydrogen-bond acceptors (Lipinski definition) is 2. The predicted octanol–water partition coefficient (Wildman–Crippen LogP) is 2.11. The zero-order chi connectivity index (χ0) is 10.6. The highest BCUT2D eigenvalue weighted by Crippen LogP contribution is 2.30. The number of aliphatic hydroxyl groups is 1. The molecule has 1 aromatic rings. The predicted molar refractivity (Wildman–Crippen MR) is 47.0 cm³/mol. The first-order valence-corrected chi connectivity index (χ1v) is 4.06. The molecule has 0 aliphatic heterocycles. The van der Waals surface area contributed by atoms with Crippen LogP contribution in [0.4, 0.5) is 18.9 Å². The number of benzene rings is 1. The van der Waals surface area contributed by atoms with Crippen LogP contribution in [0.25, 0.3) is 0 Å². The molecule has 0 fully saturated rings. The van der Waals surface area contributed by atoms with Crippen LogP contribution < -0.4 is 5.32 Å². The molecule has 14 heavy (non-hydrogen) atoms. The highest BCUT2D eigenvalue weighted by molar-refractivity contribution is 5.46. The summed E-state index contributed by atoms with van der Waals surface area (Å²) in [4.78, 5) is 0. The van der Waals surface area contributed by atoms with Gasteiger partial charge in [-0.15, -0.1) is 0 Å². The van der Waals surface area contributed by atoms with E-state index in [2.05, 4.69) is 5.32 Å². The summed E-state index contributed by atoms with van der Waals surface area (Å²) >= 11 is 0. The maximum absolute atomic E-state index is 12.2. The summed E-state index contributed by atoms with van der Waals surface area (Å²) in [7, 11) is 0. The Morgan fingerprint density at radius 1 is 1.29 bits per heavy atom. The van der Waals surface area contributed by atoms with Gasteiger partial charge in [-0.1, -0.05) is 6.07 Å². The van der Waals surface area contributed by atoms with Gasteiger partial charge in [0.15, 0.2) is 0 Å². The third-order valence-electron chi connectivity index (χ3n) is 1.63. The molecule has 0 atom stereocenters. The maximum Gasteiger partial charge on any atom is 0.416 e. The molecular weight excluding hydrogens is 195 g/mol. The van der Waals surface area contributed by atoms with E-state index < -0.39 is 11.7 Å². The fraction of sp³-hybridized carbons (Fsp3) is 0.333. The molecule has 0 bridgehead atoms. The van der Waals surface area contributed by atoms with E-state index in [-0.39, 0.29) is 13.2 Å². The molecule has 5 heteroatoms. The normalized spacial score (nSPS) is 11.4. The number of aliphatic hydroxyl groups excluding tert-OH is 1. The van der Waals surface area contributed by atoms with Crippen molar-refractivity contribution in [3.63, 3.8) is 0 Å². The lowest BCUT2D eigenvalue weighted by molar-refractivity contribution is -0.137. The van der Waals surface area contributed by atoms with Crippen molar-refractivity contribution in [1.29, 1.82) is 0 Å². The van der Waals surface area contributed by atoms with Crippen molar-refractivity contribution < 1.29 is 18.3 Å². The fourth-order valence-corrected chi connectivity index (χ4v) is 1.01. The highest BCUT2D eigenvalue weighted by Gasteiger charge is 2.30. The van der Waals surface area contributed by atoms with Gasteiger partial charge >= 0.3 is 6.18 Å². The van der Waals surface area contributed by atoms with Crippen LogP contribution in [0, 0.1) is 0 Å². The van der Waals surface area contributed by atoms with Crippen molar-refractivity contribution in [2.45, 2.75) is 6.18 Å². The zero-order valence-corrected chi connectivity index (χ0v) is 7.30. The third kappa shape index (κ3) is 2.92. The minimum atomic E-state index is -4.32. The van der Waals surface area contributed by atoms with Crippen molar-refractivity contribution >= 4 is 5.69 Å². The first-order valence-electron chi connectivity index (χ1n) is 4.06. The fourth-order valence-electron chi connectivity index (χ4n) is 1.01. The summed E-state index contributed by atoms with van der Waals surface area (Å²) in [6, 6.07) is 4.85. The van der Waals surface area contributed by atoms with E-state index in [4.69, 9.17) is 5.11 Å². The lowest BCUT2D eigenvalue weighted by Crippen LogP contribution is -2.08. The topological polar surface area (TPSA) is 32.3 Å². The molecule has 0 aromatic heterocycles. The van der Waals surface area contributed by atoms with E-state index in [9.17, 15) is 13.2 Å². The maximum atomic E-state index is 12.2. The molecule has 0 amide bonds. The van der Waals surface area contributed by atoms with Gasteiger partial charge in [-0.3, -0.25) is 0 Å². The molecule has 0 spiro atoms. The van der Waals surface area contributed by atoms with Crippen LogP contribution >= 0.6 is 0 Å². The molecule has 2 nitrogen and oxygen atoms in total. The molecule has 2 N–H and O–H groups in total. The molecule has 0 radical (unpaired) electrons. The smallest absolute Gasteiger partial charge is 0.395 e. The van der Waals surface area contributed by atoms with Crippen LogP contribution in [0.1, 0.15) is 5.56 Å². The van der Waals surface area contributed by atoms with Crippen LogP contribution in [0.3, 0.4) is 0 Å². The average Bonchev–Trinajstić information content (AvgIpc) is 2.14. The molecule has 0 aliphatic carbocycles. The molecular formula is C9H10F3NO. The van der Waals surface area contributed by atoms with E-state index in [1.54, 1.807) is 0 Å². The first-order chi connectivity index (χ1) is 6.54. The largest absolute Gasteiger partial charge is 0.416 e. The highest BCUT2D eigenvalue weighted by atomic mass is 19.4. The Morgan fingerprint density at radius 2 is 2.00 bits per heavy atom. The summed E-state index contributed by atoms with van der Waals surface area (Å²) in [6.45, 7) is 0.123. The van der Waals surface area contributed by atoms with Gasteiger partial charge in [0, 0.05) is 12.2 Å². The molecule has 78 valence electrons. The minimum absolute atomic E-state index is 0.115. The van der Waals surface area contributed by atoms with Gasteiger partial charge in [0.05, 0.1) is 12.2 Å². The van der Waals surface area contributed by atoms with Crippen molar-refractivity contribution in [1.82, 2.24) is 0 Å². The average molecular weight is 205 g/mol. The van der Waals surface area contributed by atoms with E-state index in [0.29, 0.717) is 5.69 Å². The van der Waals surface area contributed by atoms with E-state index in [1.165, 1.54) is 12.1 Å². The van der Waals surface area contributed by atoms with Gasteiger partial charge in [0.2, 0.25) is 0 Å². The minimum Gasteiger partial charge on any atom is -0.395 e. The Hall–Kier alpha value is -1.23. The summed E-state index contributed by atoms with van der Waals surface area (Å²) in [6.07, 6.45) is -4.32. The Morgan fingerprint density at radius 3 is 2.57 bits per heavy atom. The van der Waals surface area contributed by atoms with Gasteiger partial charge in [0.25, 0.3) is 0 Å². The standard InChI is InChI=1S/C9H10F3NO/c10-9(11,12)7-2-1-3-8(6-7)13-4-5-14/h1-3,6,13-14H,4-5H2. The monoisotopic (exact) mass is 205 g/mol. The molecule has 0 heterocycles. The van der Waals surface area contributed by atoms with Crippen LogP contribution in [0.15, 0.2) is 24.3 Å². The Labute approximate surface area is 79.4 Å². The zero-order valence-electron chi connectivity index (χ0n) is 7.30. The molecule has 0 saturated heterocycles. The molecule has 1 aromatic carbocycles. The van der Waals surface area contributed by atoms with E-state index in [1.807, 2.05) is 0 Å². The number of rotatable bonds is 3. The van der Waals surface area contributed by atoms with Crippen molar-refractivity contribution in [3.8, 4) is 0 Å². The number of nitrogens with one attached hydrogen (secondary N) is 1. The van der Waals surface area contributed by atoms with Crippen LogP contribution in [0.5, 0.6) is 0 Å². The number of alkyl halides is 3. The van der Waals surface area contributed by atoms with Gasteiger partial charge in [-0.05, 0) is 18.2 Å². The molecule has 0 saturated carbocycles. The van der Waals surface area contributed by atoms with Gasteiger partial charge < -0.3 is 10.4 Å². The van der Waals surface area contributed by atoms with Crippen molar-refractivity contribution in [2.75, 3.05) is 18.5 Å². The number of hydrogen-bond donors (Lipinski definition) is 2. The van der Waals surface area contributed by atoms with Crippen molar-refractivity contribution in [2.24, 2.45) is 0 Å². The number of anilines is 1. The second-order valence-electron chi connectivity index (χ2n) is 2.73. The van der Waals surface area contributed by atoms with Crippen molar-refractivity contribution in [3.05, 3.63) is 29.8 Å². The summed E-state index contributed by atoms with van der Waals surface area (Å²) in [5.41, 5.74) is -0.339. The quantitative estimate of drug-likeness (QED) is 0.792. The number of halogens is 3. The third-order valence-corrected chi connectivity index (χ3v) is 1.63. The van der Waals surface area contributed by atoms with Gasteiger partial charge in [-0.25, -0.2) is 0 Å².